The third kappa shape index (κ3) is 1.69. The molecule has 0 atom stereocenters. The van der Waals surface area contributed by atoms with Gasteiger partial charge in [0.05, 0.1) is 21.8 Å². The van der Waals surface area contributed by atoms with Crippen molar-refractivity contribution in [2.45, 2.75) is 0 Å². The second kappa shape index (κ2) is 4.42. The minimum absolute atomic E-state index is 0.0664. The van der Waals surface area contributed by atoms with E-state index >= 15 is 0 Å². The predicted molar refractivity (Wildman–Crippen MR) is 81.9 cm³/mol. The van der Waals surface area contributed by atoms with Crippen molar-refractivity contribution >= 4 is 39.7 Å². The number of para-hydroxylation sites is 1. The van der Waals surface area contributed by atoms with Gasteiger partial charge < -0.3 is 10.1 Å². The highest BCUT2D eigenvalue weighted by molar-refractivity contribution is 6.56. The minimum Gasteiger partial charge on any atom is -0.494 e. The summed E-state index contributed by atoms with van der Waals surface area (Å²) in [6.45, 7) is 0. The van der Waals surface area contributed by atoms with Crippen LogP contribution in [0.25, 0.3) is 10.9 Å². The molecule has 4 rings (SSSR count). The highest BCUT2D eigenvalue weighted by Crippen LogP contribution is 2.36. The zero-order valence-electron chi connectivity index (χ0n) is 11.0. The van der Waals surface area contributed by atoms with Crippen LogP contribution in [0.5, 0.6) is 5.88 Å². The molecule has 0 unspecified atom stereocenters. The van der Waals surface area contributed by atoms with Crippen LogP contribution < -0.4 is 0 Å². The van der Waals surface area contributed by atoms with Crippen molar-refractivity contribution in [3.63, 3.8) is 0 Å². The molecule has 0 amide bonds. The first-order chi connectivity index (χ1) is 10.6. The van der Waals surface area contributed by atoms with Crippen LogP contribution in [0, 0.1) is 5.82 Å². The van der Waals surface area contributed by atoms with E-state index < -0.39 is 5.82 Å². The number of rotatable bonds is 1. The molecule has 2 aromatic carbocycles. The van der Waals surface area contributed by atoms with Crippen molar-refractivity contribution in [1.29, 1.82) is 0 Å². The Hall–Kier alpha value is -2.66. The molecule has 0 spiro atoms. The van der Waals surface area contributed by atoms with Gasteiger partial charge in [-0.2, -0.15) is 0 Å². The number of nitrogens with one attached hydrogen (secondary N) is 1. The molecule has 1 aliphatic heterocycles. The number of H-pyrrole nitrogens is 1. The summed E-state index contributed by atoms with van der Waals surface area (Å²) in [6, 6.07) is 9.43. The smallest absolute Gasteiger partial charge is 0.214 e. The first kappa shape index (κ1) is 13.0. The Morgan fingerprint density at radius 1 is 1.23 bits per heavy atom. The highest BCUT2D eigenvalue weighted by Gasteiger charge is 2.30. The van der Waals surface area contributed by atoms with Gasteiger partial charge >= 0.3 is 0 Å². The normalized spacial score (nSPS) is 13.5. The number of carbonyl (C=O) groups is 1. The van der Waals surface area contributed by atoms with E-state index in [1.54, 1.807) is 24.3 Å². The molecule has 0 aliphatic carbocycles. The Morgan fingerprint density at radius 3 is 2.77 bits per heavy atom. The van der Waals surface area contributed by atoms with Gasteiger partial charge in [-0.25, -0.2) is 9.38 Å². The fourth-order valence-electron chi connectivity index (χ4n) is 2.65. The molecule has 0 saturated heterocycles. The number of aromatic hydroxyl groups is 1. The van der Waals surface area contributed by atoms with E-state index in [9.17, 15) is 14.3 Å². The lowest BCUT2D eigenvalue weighted by atomic mass is 10.0. The molecular weight excluding hydrogens is 307 g/mol. The largest absolute Gasteiger partial charge is 0.494 e. The summed E-state index contributed by atoms with van der Waals surface area (Å²) in [6.07, 6.45) is 0. The van der Waals surface area contributed by atoms with Crippen LogP contribution in [0.3, 0.4) is 0 Å². The van der Waals surface area contributed by atoms with Gasteiger partial charge in [-0.1, -0.05) is 23.7 Å². The van der Waals surface area contributed by atoms with Gasteiger partial charge in [0.1, 0.15) is 11.5 Å². The maximum atomic E-state index is 13.7. The molecule has 108 valence electrons. The Balaban J connectivity index is 1.99. The second-order valence-corrected chi connectivity index (χ2v) is 5.37. The van der Waals surface area contributed by atoms with Crippen LogP contribution in [0.2, 0.25) is 5.02 Å². The lowest BCUT2D eigenvalue weighted by Crippen LogP contribution is -2.10. The Kier molecular flexibility index (Phi) is 2.62. The molecule has 0 fully saturated rings. The van der Waals surface area contributed by atoms with Crippen LogP contribution in [0.4, 0.5) is 10.1 Å². The van der Waals surface area contributed by atoms with Gasteiger partial charge in [0.2, 0.25) is 5.78 Å². The SMILES string of the molecule is O=C1C(c2c(O)[nH]c3cc(Cl)c(F)cc23)=Nc2ccccc21. The summed E-state index contributed by atoms with van der Waals surface area (Å²) in [5, 5.41) is 10.4. The zero-order valence-corrected chi connectivity index (χ0v) is 11.8. The zero-order chi connectivity index (χ0) is 15.4. The lowest BCUT2D eigenvalue weighted by Gasteiger charge is -2.00. The Labute approximate surface area is 128 Å². The lowest BCUT2D eigenvalue weighted by molar-refractivity contribution is 0.107. The van der Waals surface area contributed by atoms with E-state index in [-0.39, 0.29) is 28.0 Å². The third-order valence-corrected chi connectivity index (χ3v) is 3.94. The molecule has 0 saturated carbocycles. The number of carbonyl (C=O) groups excluding carboxylic acids is 1. The predicted octanol–water partition coefficient (Wildman–Crippen LogP) is 3.98. The van der Waals surface area contributed by atoms with Crippen LogP contribution in [0.1, 0.15) is 15.9 Å². The number of Topliss-reactive ketones (excluding diaryl/α,β-unsaturated/α-hetero) is 1. The molecule has 2 N–H and O–H groups in total. The van der Waals surface area contributed by atoms with Crippen molar-refractivity contribution in [2.24, 2.45) is 4.99 Å². The van der Waals surface area contributed by atoms with E-state index in [2.05, 4.69) is 9.98 Å². The van der Waals surface area contributed by atoms with Crippen molar-refractivity contribution in [1.82, 2.24) is 4.98 Å². The Bertz CT molecular complexity index is 991. The molecule has 6 heteroatoms. The molecule has 4 nitrogen and oxygen atoms in total. The van der Waals surface area contributed by atoms with Crippen molar-refractivity contribution < 1.29 is 14.3 Å². The van der Waals surface area contributed by atoms with Crippen LogP contribution in [-0.2, 0) is 0 Å². The monoisotopic (exact) mass is 314 g/mol. The van der Waals surface area contributed by atoms with Gasteiger partial charge in [0, 0.05) is 10.9 Å². The number of nitrogens with zero attached hydrogens (tertiary/aromatic N) is 1. The average molecular weight is 315 g/mol. The van der Waals surface area contributed by atoms with Crippen LogP contribution >= 0.6 is 11.6 Å². The molecule has 0 radical (unpaired) electrons. The molecule has 1 aromatic heterocycles. The number of hydrogen-bond donors (Lipinski definition) is 2. The number of aromatic nitrogens is 1. The minimum atomic E-state index is -0.627. The Morgan fingerprint density at radius 2 is 2.00 bits per heavy atom. The van der Waals surface area contributed by atoms with Crippen molar-refractivity contribution in [2.75, 3.05) is 0 Å². The molecular formula is C16H8ClFN2O2. The third-order valence-electron chi connectivity index (χ3n) is 3.65. The number of fused-ring (bicyclic) bond motifs is 2. The van der Waals surface area contributed by atoms with E-state index in [0.29, 0.717) is 22.2 Å². The summed E-state index contributed by atoms with van der Waals surface area (Å²) in [5.41, 5.74) is 1.70. The summed E-state index contributed by atoms with van der Waals surface area (Å²) in [4.78, 5) is 19.4. The number of halogens is 2. The molecule has 0 bridgehead atoms. The standard InChI is InChI=1S/C16H8ClFN2O2/c17-9-6-12-8(5-10(9)18)13(16(22)20-12)14-15(21)7-3-1-2-4-11(7)19-14/h1-6,20,22H. The summed E-state index contributed by atoms with van der Waals surface area (Å²) in [7, 11) is 0. The van der Waals surface area contributed by atoms with Gasteiger partial charge in [0.25, 0.3) is 0 Å². The molecule has 2 heterocycles. The maximum Gasteiger partial charge on any atom is 0.214 e. The molecule has 22 heavy (non-hydrogen) atoms. The van der Waals surface area contributed by atoms with Crippen LogP contribution in [-0.4, -0.2) is 21.6 Å². The van der Waals surface area contributed by atoms with Gasteiger partial charge in [-0.05, 0) is 24.3 Å². The number of aromatic amines is 1. The molecule has 3 aromatic rings. The number of benzene rings is 2. The second-order valence-electron chi connectivity index (χ2n) is 4.97. The average Bonchev–Trinajstić information content (AvgIpc) is 2.97. The highest BCUT2D eigenvalue weighted by atomic mass is 35.5. The van der Waals surface area contributed by atoms with Crippen molar-refractivity contribution in [3.8, 4) is 5.88 Å². The number of ketones is 1. The van der Waals surface area contributed by atoms with Gasteiger partial charge in [-0.15, -0.1) is 0 Å². The fourth-order valence-corrected chi connectivity index (χ4v) is 2.81. The van der Waals surface area contributed by atoms with Crippen LogP contribution in [0.15, 0.2) is 41.4 Å². The number of aliphatic imine (C=N–C) groups is 1. The first-order valence-corrected chi connectivity index (χ1v) is 6.86. The summed E-state index contributed by atoms with van der Waals surface area (Å²) in [5.74, 6) is -1.17. The van der Waals surface area contributed by atoms with E-state index in [1.807, 2.05) is 0 Å². The summed E-state index contributed by atoms with van der Waals surface area (Å²) >= 11 is 5.74. The summed E-state index contributed by atoms with van der Waals surface area (Å²) < 4.78 is 13.7. The molecule has 1 aliphatic rings. The quantitative estimate of drug-likeness (QED) is 0.713. The van der Waals surface area contributed by atoms with E-state index in [0.717, 1.165) is 0 Å². The number of hydrogen-bond acceptors (Lipinski definition) is 3. The van der Waals surface area contributed by atoms with Gasteiger partial charge in [-0.3, -0.25) is 4.79 Å². The maximum absolute atomic E-state index is 13.7. The topological polar surface area (TPSA) is 65.4 Å². The first-order valence-electron chi connectivity index (χ1n) is 6.48. The fraction of sp³-hybridized carbons (Fsp3) is 0. The van der Waals surface area contributed by atoms with Crippen molar-refractivity contribution in [3.05, 3.63) is 58.4 Å². The van der Waals surface area contributed by atoms with E-state index in [4.69, 9.17) is 11.6 Å². The van der Waals surface area contributed by atoms with Gasteiger partial charge in [0.15, 0.2) is 5.88 Å². The van der Waals surface area contributed by atoms with E-state index in [1.165, 1.54) is 12.1 Å².